The molecule has 4 heteroatoms. The van der Waals surface area contributed by atoms with Crippen LogP contribution in [-0.2, 0) is 10.3 Å². The van der Waals surface area contributed by atoms with E-state index in [1.54, 1.807) is 5.57 Å². The van der Waals surface area contributed by atoms with Gasteiger partial charge in [-0.15, -0.1) is 5.10 Å². The molecule has 1 heterocycles. The Bertz CT molecular complexity index is 413. The molecule has 0 saturated heterocycles. The van der Waals surface area contributed by atoms with Gasteiger partial charge in [0, 0.05) is 22.1 Å². The fraction of sp³-hybridized carbons (Fsp3) is 0.583. The lowest BCUT2D eigenvalue weighted by molar-refractivity contribution is -0.558. The second-order valence-electron chi connectivity index (χ2n) is 5.26. The topological polar surface area (TPSA) is 17.0 Å². The van der Waals surface area contributed by atoms with E-state index in [1.165, 1.54) is 25.9 Å². The van der Waals surface area contributed by atoms with Crippen molar-refractivity contribution in [2.75, 3.05) is 6.26 Å². The maximum absolute atomic E-state index is 3.34. The number of rotatable bonds is 2. The molecule has 1 aliphatic carbocycles. The molecule has 0 amide bonds. The molecule has 0 spiro atoms. The summed E-state index contributed by atoms with van der Waals surface area (Å²) in [5.41, 5.74) is 3.29. The number of hydrazine groups is 1. The van der Waals surface area contributed by atoms with E-state index < -0.39 is 0 Å². The first-order valence-electron chi connectivity index (χ1n) is 5.64. The molecule has 0 aromatic heterocycles. The van der Waals surface area contributed by atoms with Gasteiger partial charge in [-0.25, -0.2) is 0 Å². The van der Waals surface area contributed by atoms with Crippen molar-refractivity contribution in [2.45, 2.75) is 33.6 Å². The number of nitrogens with zero attached hydrogens (tertiary/aromatic N) is 1. The molecular weight excluding hydrogens is 235 g/mol. The SMILES string of the molecule is CS1=PN1[NH+]=CC1=CC=C(C(C)(C)C)CC1. The smallest absolute Gasteiger partial charge is 0.116 e. The molecule has 1 aliphatic heterocycles. The van der Waals surface area contributed by atoms with Gasteiger partial charge in [-0.05, 0) is 18.3 Å². The predicted octanol–water partition coefficient (Wildman–Crippen LogP) is 2.00. The molecule has 88 valence electrons. The number of hydrogen-bond donors (Lipinski definition) is 1. The first kappa shape index (κ1) is 12.1. The van der Waals surface area contributed by atoms with Crippen LogP contribution >= 0.6 is 7.51 Å². The number of hydrazone groups is 1. The highest BCUT2D eigenvalue weighted by Crippen LogP contribution is 2.32. The van der Waals surface area contributed by atoms with Gasteiger partial charge >= 0.3 is 0 Å². The van der Waals surface area contributed by atoms with Crippen molar-refractivity contribution in [1.82, 2.24) is 4.18 Å². The Morgan fingerprint density at radius 2 is 2.06 bits per heavy atom. The third-order valence-corrected chi connectivity index (χ3v) is 5.94. The van der Waals surface area contributed by atoms with Crippen molar-refractivity contribution in [3.05, 3.63) is 23.3 Å². The Morgan fingerprint density at radius 1 is 1.38 bits per heavy atom. The summed E-state index contributed by atoms with van der Waals surface area (Å²) < 4.78 is 2.24. The number of hydrogen-bond acceptors (Lipinski definition) is 1. The highest BCUT2D eigenvalue weighted by atomic mass is 32.6. The summed E-state index contributed by atoms with van der Waals surface area (Å²) in [7, 11) is 1.87. The maximum atomic E-state index is 3.34. The minimum Gasteiger partial charge on any atom is -0.116 e. The van der Waals surface area contributed by atoms with Crippen LogP contribution in [0.4, 0.5) is 0 Å². The van der Waals surface area contributed by atoms with Crippen LogP contribution < -0.4 is 5.10 Å². The van der Waals surface area contributed by atoms with Crippen LogP contribution in [0.1, 0.15) is 33.6 Å². The third-order valence-electron chi connectivity index (χ3n) is 2.92. The molecule has 16 heavy (non-hydrogen) atoms. The van der Waals surface area contributed by atoms with Crippen molar-refractivity contribution in [3.8, 4) is 0 Å². The summed E-state index contributed by atoms with van der Waals surface area (Å²) in [4.78, 5) is 0. The van der Waals surface area contributed by atoms with Gasteiger partial charge in [0.05, 0.1) is 0 Å². The summed E-state index contributed by atoms with van der Waals surface area (Å²) in [5.74, 6) is 0. The summed E-state index contributed by atoms with van der Waals surface area (Å²) >= 11 is 0. The second-order valence-corrected chi connectivity index (χ2v) is 9.43. The quantitative estimate of drug-likeness (QED) is 0.590. The Hall–Kier alpha value is -0.400. The van der Waals surface area contributed by atoms with E-state index >= 15 is 0 Å². The van der Waals surface area contributed by atoms with E-state index in [1.807, 2.05) is 0 Å². The monoisotopic (exact) mass is 255 g/mol. The van der Waals surface area contributed by atoms with Gasteiger partial charge in [-0.3, -0.25) is 0 Å². The minimum atomic E-state index is 0.323. The zero-order valence-electron chi connectivity index (χ0n) is 10.4. The molecule has 2 nitrogen and oxygen atoms in total. The fourth-order valence-electron chi connectivity index (χ4n) is 1.73. The van der Waals surface area contributed by atoms with Crippen LogP contribution in [0.25, 0.3) is 0 Å². The molecule has 2 aliphatic rings. The van der Waals surface area contributed by atoms with Crippen molar-refractivity contribution in [2.24, 2.45) is 5.41 Å². The van der Waals surface area contributed by atoms with Gasteiger partial charge in [0.2, 0.25) is 0 Å². The molecule has 0 bridgehead atoms. The lowest BCUT2D eigenvalue weighted by Crippen LogP contribution is -2.74. The van der Waals surface area contributed by atoms with Gasteiger partial charge in [-0.1, -0.05) is 42.7 Å². The zero-order valence-corrected chi connectivity index (χ0v) is 12.2. The van der Waals surface area contributed by atoms with Crippen LogP contribution in [-0.4, -0.2) is 16.7 Å². The van der Waals surface area contributed by atoms with E-state index in [2.05, 4.69) is 54.7 Å². The highest BCUT2D eigenvalue weighted by molar-refractivity contribution is 8.31. The molecule has 2 rings (SSSR count). The van der Waals surface area contributed by atoms with E-state index in [0.717, 1.165) is 0 Å². The first-order chi connectivity index (χ1) is 7.47. The number of nitrogens with one attached hydrogen (secondary N) is 1. The molecular formula is C12H20N2PS+. The van der Waals surface area contributed by atoms with Crippen molar-refractivity contribution >= 4 is 24.0 Å². The second kappa shape index (κ2) is 4.46. The molecule has 0 saturated carbocycles. The normalized spacial score (nSPS) is 26.2. The molecule has 0 radical (unpaired) electrons. The van der Waals surface area contributed by atoms with Gasteiger partial charge in [-0.2, -0.15) is 0 Å². The molecule has 0 aromatic rings. The van der Waals surface area contributed by atoms with E-state index in [9.17, 15) is 0 Å². The fourth-order valence-corrected chi connectivity index (χ4v) is 3.66. The van der Waals surface area contributed by atoms with Crippen LogP contribution in [0.15, 0.2) is 23.3 Å². The van der Waals surface area contributed by atoms with E-state index in [-0.39, 0.29) is 0 Å². The summed E-state index contributed by atoms with van der Waals surface area (Å²) in [5, 5.41) is 3.34. The summed E-state index contributed by atoms with van der Waals surface area (Å²) in [6.45, 7) is 6.87. The summed E-state index contributed by atoms with van der Waals surface area (Å²) in [6.07, 6.45) is 11.3. The lowest BCUT2D eigenvalue weighted by Gasteiger charge is -2.24. The molecule has 1 N–H and O–H groups in total. The standard InChI is InChI=1S/C12H19N2PS/c1-12(2,3)11-7-5-10(6-8-11)9-13-14-15-16(14)4/h5,7,9H,6,8H2,1-4H3/p+1. The predicted molar refractivity (Wildman–Crippen MR) is 73.9 cm³/mol. The lowest BCUT2D eigenvalue weighted by atomic mass is 9.81. The molecule has 0 aromatic carbocycles. The van der Waals surface area contributed by atoms with Gasteiger partial charge in [0.25, 0.3) is 0 Å². The van der Waals surface area contributed by atoms with Crippen LogP contribution in [0, 0.1) is 5.41 Å². The highest BCUT2D eigenvalue weighted by Gasteiger charge is 2.21. The van der Waals surface area contributed by atoms with Gasteiger partial charge in [0.15, 0.2) is 13.7 Å². The van der Waals surface area contributed by atoms with E-state index in [4.69, 9.17) is 0 Å². The Balaban J connectivity index is 1.97. The van der Waals surface area contributed by atoms with Gasteiger partial charge < -0.3 is 0 Å². The maximum Gasteiger partial charge on any atom is 0.195 e. The largest absolute Gasteiger partial charge is 0.195 e. The van der Waals surface area contributed by atoms with Crippen LogP contribution in [0.2, 0.25) is 0 Å². The average Bonchev–Trinajstić information content (AvgIpc) is 2.91. The molecule has 0 fully saturated rings. The Morgan fingerprint density at radius 3 is 2.50 bits per heavy atom. The number of allylic oxidation sites excluding steroid dienone is 4. The molecule has 1 atom stereocenters. The van der Waals surface area contributed by atoms with Gasteiger partial charge in [0.1, 0.15) is 0 Å². The Kier molecular flexibility index (Phi) is 3.37. The first-order valence-corrected chi connectivity index (χ1v) is 8.68. The van der Waals surface area contributed by atoms with Crippen LogP contribution in [0.3, 0.4) is 0 Å². The minimum absolute atomic E-state index is 0.323. The van der Waals surface area contributed by atoms with Crippen molar-refractivity contribution in [1.29, 1.82) is 0 Å². The van der Waals surface area contributed by atoms with Crippen molar-refractivity contribution in [3.63, 3.8) is 0 Å². The Labute approximate surface area is 102 Å². The van der Waals surface area contributed by atoms with Crippen molar-refractivity contribution < 1.29 is 5.10 Å². The zero-order chi connectivity index (χ0) is 11.8. The van der Waals surface area contributed by atoms with Crippen LogP contribution in [0.5, 0.6) is 0 Å². The third kappa shape index (κ3) is 3.05. The molecule has 1 unspecified atom stereocenters. The van der Waals surface area contributed by atoms with E-state index in [0.29, 0.717) is 15.7 Å². The average molecular weight is 255 g/mol. The summed E-state index contributed by atoms with van der Waals surface area (Å²) in [6, 6.07) is 0.